The third kappa shape index (κ3) is 3.56. The lowest BCUT2D eigenvalue weighted by molar-refractivity contribution is 0.102. The van der Waals surface area contributed by atoms with Crippen molar-refractivity contribution in [1.29, 1.82) is 0 Å². The topological polar surface area (TPSA) is 98.5 Å². The first-order valence-electron chi connectivity index (χ1n) is 9.01. The highest BCUT2D eigenvalue weighted by molar-refractivity contribution is 6.36. The maximum absolute atomic E-state index is 12.7. The third-order valence-corrected chi connectivity index (χ3v) is 5.17. The van der Waals surface area contributed by atoms with Crippen LogP contribution in [-0.4, -0.2) is 26.1 Å². The summed E-state index contributed by atoms with van der Waals surface area (Å²) in [7, 11) is 0. The molecule has 0 radical (unpaired) electrons. The Labute approximate surface area is 180 Å². The molecule has 7 nitrogen and oxygen atoms in total. The lowest BCUT2D eigenvalue weighted by atomic mass is 10.1. The quantitative estimate of drug-likeness (QED) is 0.288. The van der Waals surface area contributed by atoms with Crippen LogP contribution >= 0.6 is 23.2 Å². The molecule has 0 aliphatic carbocycles. The molecule has 5 aromatic rings. The molecule has 2 heterocycles. The number of nitrogens with zero attached hydrogens (tertiary/aromatic N) is 2. The summed E-state index contributed by atoms with van der Waals surface area (Å²) in [4.78, 5) is 20.3. The molecule has 9 heteroatoms. The fourth-order valence-electron chi connectivity index (χ4n) is 3.15. The second-order valence-corrected chi connectivity index (χ2v) is 7.54. The van der Waals surface area contributed by atoms with E-state index in [0.29, 0.717) is 32.9 Å². The minimum absolute atomic E-state index is 0.218. The van der Waals surface area contributed by atoms with E-state index in [1.54, 1.807) is 42.6 Å². The number of imidazole rings is 1. The van der Waals surface area contributed by atoms with Gasteiger partial charge in [-0.25, -0.2) is 4.98 Å². The first-order chi connectivity index (χ1) is 14.5. The smallest absolute Gasteiger partial charge is 0.255 e. The summed E-state index contributed by atoms with van der Waals surface area (Å²) in [5.74, 6) is 0.293. The van der Waals surface area contributed by atoms with E-state index in [1.807, 2.05) is 18.2 Å². The molecule has 4 N–H and O–H groups in total. The van der Waals surface area contributed by atoms with Gasteiger partial charge in [0, 0.05) is 21.7 Å². The van der Waals surface area contributed by atoms with Gasteiger partial charge in [-0.15, -0.1) is 0 Å². The molecule has 0 saturated carbocycles. The van der Waals surface area contributed by atoms with E-state index in [9.17, 15) is 4.79 Å². The van der Waals surface area contributed by atoms with Crippen LogP contribution in [0.5, 0.6) is 0 Å². The van der Waals surface area contributed by atoms with Crippen molar-refractivity contribution in [3.63, 3.8) is 0 Å². The van der Waals surface area contributed by atoms with Crippen LogP contribution in [0.1, 0.15) is 10.4 Å². The van der Waals surface area contributed by atoms with Gasteiger partial charge in [0.15, 0.2) is 0 Å². The summed E-state index contributed by atoms with van der Waals surface area (Å²) in [5, 5.41) is 14.9. The van der Waals surface area contributed by atoms with Gasteiger partial charge in [0.1, 0.15) is 0 Å². The molecule has 1 amide bonds. The van der Waals surface area contributed by atoms with Gasteiger partial charge in [-0.05, 0) is 54.6 Å². The lowest BCUT2D eigenvalue weighted by Crippen LogP contribution is -2.11. The number of H-pyrrole nitrogens is 2. The first kappa shape index (κ1) is 18.5. The van der Waals surface area contributed by atoms with Gasteiger partial charge < -0.3 is 15.6 Å². The zero-order valence-electron chi connectivity index (χ0n) is 15.3. The fourth-order valence-corrected chi connectivity index (χ4v) is 3.61. The van der Waals surface area contributed by atoms with Gasteiger partial charge in [-0.2, -0.15) is 5.10 Å². The van der Waals surface area contributed by atoms with Gasteiger partial charge in [0.05, 0.1) is 33.5 Å². The number of aromatic nitrogens is 4. The van der Waals surface area contributed by atoms with Crippen LogP contribution in [0.2, 0.25) is 10.0 Å². The molecular weight excluding hydrogens is 423 g/mol. The summed E-state index contributed by atoms with van der Waals surface area (Å²) in [6.07, 6.45) is 1.71. The molecule has 0 unspecified atom stereocenters. The van der Waals surface area contributed by atoms with Crippen molar-refractivity contribution in [3.8, 4) is 0 Å². The summed E-state index contributed by atoms with van der Waals surface area (Å²) < 4.78 is 0. The Bertz CT molecular complexity index is 1410. The number of nitrogens with one attached hydrogen (secondary N) is 4. The summed E-state index contributed by atoms with van der Waals surface area (Å²) in [6, 6.07) is 16.0. The number of rotatable bonds is 4. The number of halogens is 2. The molecule has 0 saturated heterocycles. The van der Waals surface area contributed by atoms with E-state index in [2.05, 4.69) is 30.8 Å². The maximum Gasteiger partial charge on any atom is 0.255 e. The Morgan fingerprint density at radius 3 is 2.73 bits per heavy atom. The first-order valence-corrected chi connectivity index (χ1v) is 9.77. The van der Waals surface area contributed by atoms with Crippen LogP contribution in [0.3, 0.4) is 0 Å². The number of hydrogen-bond donors (Lipinski definition) is 4. The number of anilines is 3. The lowest BCUT2D eigenvalue weighted by Gasteiger charge is -2.05. The molecular formula is C21H14Cl2N6O. The highest BCUT2D eigenvalue weighted by Crippen LogP contribution is 2.28. The van der Waals surface area contributed by atoms with Crippen molar-refractivity contribution in [2.75, 3.05) is 10.6 Å². The maximum atomic E-state index is 12.7. The highest BCUT2D eigenvalue weighted by atomic mass is 35.5. The Balaban J connectivity index is 1.38. The number of hydrogen-bond acceptors (Lipinski definition) is 4. The predicted octanol–water partition coefficient (Wildman–Crippen LogP) is 5.74. The largest absolute Gasteiger partial charge is 0.324 e. The van der Waals surface area contributed by atoms with E-state index in [1.165, 1.54) is 0 Å². The minimum Gasteiger partial charge on any atom is -0.324 e. The molecule has 0 atom stereocenters. The molecule has 0 spiro atoms. The normalized spacial score (nSPS) is 11.1. The summed E-state index contributed by atoms with van der Waals surface area (Å²) in [6.45, 7) is 0. The Hall–Kier alpha value is -3.55. The van der Waals surface area contributed by atoms with Crippen molar-refractivity contribution in [1.82, 2.24) is 20.2 Å². The van der Waals surface area contributed by atoms with Gasteiger partial charge in [-0.1, -0.05) is 23.2 Å². The minimum atomic E-state index is -0.218. The average Bonchev–Trinajstić information content (AvgIpc) is 3.35. The van der Waals surface area contributed by atoms with E-state index in [0.717, 1.165) is 21.9 Å². The van der Waals surface area contributed by atoms with Crippen LogP contribution in [0.15, 0.2) is 60.8 Å². The number of carbonyl (C=O) groups is 1. The van der Waals surface area contributed by atoms with Crippen molar-refractivity contribution in [2.45, 2.75) is 0 Å². The third-order valence-electron chi connectivity index (χ3n) is 4.63. The second kappa shape index (κ2) is 7.37. The van der Waals surface area contributed by atoms with Gasteiger partial charge in [-0.3, -0.25) is 9.89 Å². The predicted molar refractivity (Wildman–Crippen MR) is 120 cm³/mol. The monoisotopic (exact) mass is 436 g/mol. The van der Waals surface area contributed by atoms with Crippen LogP contribution in [0.25, 0.3) is 21.9 Å². The van der Waals surface area contributed by atoms with Gasteiger partial charge >= 0.3 is 0 Å². The number of fused-ring (bicyclic) bond motifs is 2. The van der Waals surface area contributed by atoms with Crippen molar-refractivity contribution >= 4 is 68.4 Å². The molecule has 3 aromatic carbocycles. The van der Waals surface area contributed by atoms with E-state index in [-0.39, 0.29) is 5.91 Å². The Kier molecular flexibility index (Phi) is 4.54. The van der Waals surface area contributed by atoms with Crippen LogP contribution < -0.4 is 10.6 Å². The molecule has 2 aromatic heterocycles. The zero-order valence-corrected chi connectivity index (χ0v) is 16.8. The van der Waals surface area contributed by atoms with Crippen molar-refractivity contribution in [3.05, 3.63) is 76.4 Å². The molecule has 148 valence electrons. The molecule has 30 heavy (non-hydrogen) atoms. The molecule has 5 rings (SSSR count). The Morgan fingerprint density at radius 1 is 0.967 bits per heavy atom. The molecule has 0 aliphatic rings. The summed E-state index contributed by atoms with van der Waals surface area (Å²) in [5.41, 5.74) is 4.23. The number of carbonyl (C=O) groups excluding carboxylic acids is 1. The number of benzene rings is 3. The zero-order chi connectivity index (χ0) is 20.7. The second-order valence-electron chi connectivity index (χ2n) is 6.69. The molecule has 0 aliphatic heterocycles. The van der Waals surface area contributed by atoms with Gasteiger partial charge in [0.25, 0.3) is 5.91 Å². The van der Waals surface area contributed by atoms with Crippen LogP contribution in [0.4, 0.5) is 17.3 Å². The van der Waals surface area contributed by atoms with E-state index >= 15 is 0 Å². The molecule has 0 bridgehead atoms. The SMILES string of the molecule is O=C(Nc1ccc2[nH]ncc2c1)c1ccc2nc(Nc3ccc(Cl)cc3Cl)[nH]c2c1. The number of aromatic amines is 2. The van der Waals surface area contributed by atoms with Crippen LogP contribution in [-0.2, 0) is 0 Å². The van der Waals surface area contributed by atoms with E-state index < -0.39 is 0 Å². The van der Waals surface area contributed by atoms with Crippen LogP contribution in [0, 0.1) is 0 Å². The highest BCUT2D eigenvalue weighted by Gasteiger charge is 2.11. The fraction of sp³-hybridized carbons (Fsp3) is 0. The Morgan fingerprint density at radius 2 is 1.87 bits per heavy atom. The number of amides is 1. The summed E-state index contributed by atoms with van der Waals surface area (Å²) >= 11 is 12.1. The van der Waals surface area contributed by atoms with Crippen molar-refractivity contribution in [2.24, 2.45) is 0 Å². The standard InChI is InChI=1S/C21H14Cl2N6O/c22-13-2-5-17(15(23)9-13)26-21-27-18-4-1-11(8-19(18)28-21)20(30)25-14-3-6-16-12(7-14)10-24-29-16/h1-10H,(H,24,29)(H,25,30)(H2,26,27,28). The van der Waals surface area contributed by atoms with E-state index in [4.69, 9.17) is 23.2 Å². The molecule has 0 fully saturated rings. The van der Waals surface area contributed by atoms with Gasteiger partial charge in [0.2, 0.25) is 5.95 Å². The average molecular weight is 437 g/mol. The van der Waals surface area contributed by atoms with Crippen molar-refractivity contribution < 1.29 is 4.79 Å².